The Labute approximate surface area is 123 Å². The van der Waals surface area contributed by atoms with Gasteiger partial charge < -0.3 is 9.88 Å². The van der Waals surface area contributed by atoms with Crippen molar-refractivity contribution in [1.82, 2.24) is 4.57 Å². The van der Waals surface area contributed by atoms with Gasteiger partial charge in [-0.3, -0.25) is 4.79 Å². The monoisotopic (exact) mass is 278 g/mol. The Morgan fingerprint density at radius 3 is 2.52 bits per heavy atom. The van der Waals surface area contributed by atoms with E-state index in [1.807, 2.05) is 41.2 Å². The molecule has 1 aromatic heterocycles. The fourth-order valence-corrected chi connectivity index (χ4v) is 1.98. The van der Waals surface area contributed by atoms with Crippen LogP contribution in [0.15, 0.2) is 42.7 Å². The van der Waals surface area contributed by atoms with Gasteiger partial charge >= 0.3 is 0 Å². The Hall–Kier alpha value is -3.05. The molecule has 2 aromatic rings. The van der Waals surface area contributed by atoms with E-state index in [4.69, 9.17) is 10.5 Å². The maximum atomic E-state index is 11.8. The largest absolute Gasteiger partial charge is 0.354 e. The highest BCUT2D eigenvalue weighted by atomic mass is 16.1. The third kappa shape index (κ3) is 3.95. The summed E-state index contributed by atoms with van der Waals surface area (Å²) in [6, 6.07) is 12.5. The quantitative estimate of drug-likeness (QED) is 0.912. The van der Waals surface area contributed by atoms with Crippen molar-refractivity contribution in [3.63, 3.8) is 0 Å². The Kier molecular flexibility index (Phi) is 4.74. The van der Waals surface area contributed by atoms with Crippen molar-refractivity contribution in [3.8, 4) is 12.1 Å². The molecule has 0 unspecified atom stereocenters. The van der Waals surface area contributed by atoms with Gasteiger partial charge in [-0.05, 0) is 36.8 Å². The molecular weight excluding hydrogens is 264 g/mol. The second kappa shape index (κ2) is 6.93. The van der Waals surface area contributed by atoms with Crippen LogP contribution in [0.4, 0.5) is 5.69 Å². The number of hydrogen-bond donors (Lipinski definition) is 1. The van der Waals surface area contributed by atoms with Crippen LogP contribution in [0, 0.1) is 22.7 Å². The van der Waals surface area contributed by atoms with Crippen molar-refractivity contribution in [2.45, 2.75) is 19.4 Å². The Bertz CT molecular complexity index is 705. The molecule has 0 radical (unpaired) electrons. The van der Waals surface area contributed by atoms with Crippen molar-refractivity contribution < 1.29 is 4.79 Å². The summed E-state index contributed by atoms with van der Waals surface area (Å²) in [4.78, 5) is 11.8. The zero-order valence-electron chi connectivity index (χ0n) is 11.4. The van der Waals surface area contributed by atoms with Crippen molar-refractivity contribution in [2.75, 3.05) is 5.32 Å². The number of anilines is 1. The first-order valence-electron chi connectivity index (χ1n) is 6.58. The molecule has 0 saturated carbocycles. The third-order valence-corrected chi connectivity index (χ3v) is 3.03. The molecule has 0 aliphatic carbocycles. The molecule has 1 amide bonds. The highest BCUT2D eigenvalue weighted by molar-refractivity contribution is 5.91. The average molecular weight is 278 g/mol. The van der Waals surface area contributed by atoms with E-state index in [1.165, 1.54) is 12.1 Å². The minimum absolute atomic E-state index is 0.101. The van der Waals surface area contributed by atoms with E-state index < -0.39 is 0 Å². The summed E-state index contributed by atoms with van der Waals surface area (Å²) in [6.07, 6.45) is 5.05. The first-order valence-corrected chi connectivity index (χ1v) is 6.58. The fourth-order valence-electron chi connectivity index (χ4n) is 1.98. The lowest BCUT2D eigenvalue weighted by Gasteiger charge is -2.06. The minimum Gasteiger partial charge on any atom is -0.354 e. The summed E-state index contributed by atoms with van der Waals surface area (Å²) >= 11 is 0. The zero-order chi connectivity index (χ0) is 15.1. The lowest BCUT2D eigenvalue weighted by Crippen LogP contribution is -2.12. The Morgan fingerprint density at radius 2 is 1.86 bits per heavy atom. The molecule has 0 aliphatic heterocycles. The summed E-state index contributed by atoms with van der Waals surface area (Å²) < 4.78 is 2.02. The third-order valence-electron chi connectivity index (χ3n) is 3.03. The predicted octanol–water partition coefficient (Wildman–Crippen LogP) is 2.65. The molecule has 1 heterocycles. The van der Waals surface area contributed by atoms with Crippen LogP contribution >= 0.6 is 0 Å². The molecule has 0 fully saturated rings. The number of aryl methyl sites for hydroxylation is 1. The van der Waals surface area contributed by atoms with Crippen LogP contribution in [0.25, 0.3) is 0 Å². The molecule has 5 nitrogen and oxygen atoms in total. The topological polar surface area (TPSA) is 81.6 Å². The molecule has 1 aromatic carbocycles. The number of rotatable bonds is 5. The van der Waals surface area contributed by atoms with Crippen LogP contribution in [0.3, 0.4) is 0 Å². The standard InChI is InChI=1S/C16H14N4O/c17-11-13-5-6-15(10-14(13)12-18)19-16(21)4-3-9-20-7-1-2-8-20/h1-2,5-8,10H,3-4,9H2,(H,19,21). The van der Waals surface area contributed by atoms with Crippen LogP contribution in [0.1, 0.15) is 24.0 Å². The van der Waals surface area contributed by atoms with E-state index in [1.54, 1.807) is 6.07 Å². The maximum Gasteiger partial charge on any atom is 0.224 e. The second-order valence-corrected chi connectivity index (χ2v) is 4.56. The molecule has 104 valence electrons. The molecule has 21 heavy (non-hydrogen) atoms. The number of nitrogens with one attached hydrogen (secondary N) is 1. The normalized spacial score (nSPS) is 9.62. The number of carbonyl (C=O) groups excluding carboxylic acids is 1. The number of nitrogens with zero attached hydrogens (tertiary/aromatic N) is 3. The van der Waals surface area contributed by atoms with Gasteiger partial charge in [-0.25, -0.2) is 0 Å². The minimum atomic E-state index is -0.101. The van der Waals surface area contributed by atoms with Gasteiger partial charge in [-0.1, -0.05) is 0 Å². The van der Waals surface area contributed by atoms with E-state index in [0.29, 0.717) is 17.7 Å². The second-order valence-electron chi connectivity index (χ2n) is 4.56. The highest BCUT2D eigenvalue weighted by Gasteiger charge is 2.06. The van der Waals surface area contributed by atoms with E-state index in [0.717, 1.165) is 13.0 Å². The number of hydrogen-bond acceptors (Lipinski definition) is 3. The van der Waals surface area contributed by atoms with E-state index in [-0.39, 0.29) is 11.5 Å². The number of benzene rings is 1. The first kappa shape index (κ1) is 14.4. The number of carbonyl (C=O) groups is 1. The van der Waals surface area contributed by atoms with Crippen LogP contribution in [0.5, 0.6) is 0 Å². The van der Waals surface area contributed by atoms with Gasteiger partial charge in [-0.2, -0.15) is 10.5 Å². The summed E-state index contributed by atoms with van der Waals surface area (Å²) in [5.74, 6) is -0.101. The van der Waals surface area contributed by atoms with Gasteiger partial charge in [-0.15, -0.1) is 0 Å². The molecule has 0 saturated heterocycles. The molecular formula is C16H14N4O. The van der Waals surface area contributed by atoms with Crippen LogP contribution in [-0.4, -0.2) is 10.5 Å². The predicted molar refractivity (Wildman–Crippen MR) is 78.2 cm³/mol. The number of nitriles is 2. The van der Waals surface area contributed by atoms with Crippen molar-refractivity contribution in [1.29, 1.82) is 10.5 Å². The van der Waals surface area contributed by atoms with Crippen LogP contribution in [0.2, 0.25) is 0 Å². The summed E-state index contributed by atoms with van der Waals surface area (Å²) in [5.41, 5.74) is 1.11. The highest BCUT2D eigenvalue weighted by Crippen LogP contribution is 2.15. The Morgan fingerprint density at radius 1 is 1.14 bits per heavy atom. The summed E-state index contributed by atoms with van der Waals surface area (Å²) in [7, 11) is 0. The smallest absolute Gasteiger partial charge is 0.224 e. The number of amides is 1. The molecule has 0 spiro atoms. The van der Waals surface area contributed by atoms with E-state index in [9.17, 15) is 4.79 Å². The first-order chi connectivity index (χ1) is 10.2. The zero-order valence-corrected chi connectivity index (χ0v) is 11.4. The number of aromatic nitrogens is 1. The van der Waals surface area contributed by atoms with Gasteiger partial charge in [0.25, 0.3) is 0 Å². The lowest BCUT2D eigenvalue weighted by atomic mass is 10.1. The molecule has 0 bridgehead atoms. The SMILES string of the molecule is N#Cc1ccc(NC(=O)CCCn2cccc2)cc1C#N. The van der Waals surface area contributed by atoms with E-state index >= 15 is 0 Å². The molecule has 2 rings (SSSR count). The Balaban J connectivity index is 1.88. The molecule has 0 aliphatic rings. The average Bonchev–Trinajstić information content (AvgIpc) is 3.00. The van der Waals surface area contributed by atoms with Gasteiger partial charge in [0.15, 0.2) is 0 Å². The van der Waals surface area contributed by atoms with Crippen LogP contribution < -0.4 is 5.32 Å². The molecule has 1 N–H and O–H groups in total. The summed E-state index contributed by atoms with van der Waals surface area (Å²) in [6.45, 7) is 0.789. The van der Waals surface area contributed by atoms with Gasteiger partial charge in [0.05, 0.1) is 11.1 Å². The molecule has 5 heteroatoms. The van der Waals surface area contributed by atoms with Gasteiger partial charge in [0.1, 0.15) is 12.1 Å². The fraction of sp³-hybridized carbons (Fsp3) is 0.188. The molecule has 0 atom stereocenters. The van der Waals surface area contributed by atoms with Crippen molar-refractivity contribution >= 4 is 11.6 Å². The van der Waals surface area contributed by atoms with Crippen molar-refractivity contribution in [2.24, 2.45) is 0 Å². The lowest BCUT2D eigenvalue weighted by molar-refractivity contribution is -0.116. The van der Waals surface area contributed by atoms with Crippen LogP contribution in [-0.2, 0) is 11.3 Å². The maximum absolute atomic E-state index is 11.8. The van der Waals surface area contributed by atoms with Crippen molar-refractivity contribution in [3.05, 3.63) is 53.9 Å². The van der Waals surface area contributed by atoms with E-state index in [2.05, 4.69) is 5.32 Å². The van der Waals surface area contributed by atoms with Gasteiger partial charge in [0.2, 0.25) is 5.91 Å². The summed E-state index contributed by atoms with van der Waals surface area (Å²) in [5, 5.41) is 20.5. The van der Waals surface area contributed by atoms with Gasteiger partial charge in [0, 0.05) is 31.0 Å².